The molecular formula is C18H23N3O3. The van der Waals surface area contributed by atoms with E-state index in [1.54, 1.807) is 18.2 Å². The van der Waals surface area contributed by atoms with Gasteiger partial charge in [0.2, 0.25) is 0 Å². The Bertz CT molecular complexity index is 792. The fourth-order valence-corrected chi connectivity index (χ4v) is 4.25. The number of aromatic amines is 1. The van der Waals surface area contributed by atoms with E-state index in [4.69, 9.17) is 4.74 Å². The molecule has 0 aliphatic carbocycles. The minimum Gasteiger partial charge on any atom is -0.448 e. The summed E-state index contributed by atoms with van der Waals surface area (Å²) in [4.78, 5) is 29.7. The van der Waals surface area contributed by atoms with Gasteiger partial charge in [-0.2, -0.15) is 4.57 Å². The van der Waals surface area contributed by atoms with Crippen LogP contribution in [0.15, 0.2) is 29.1 Å². The van der Waals surface area contributed by atoms with E-state index in [1.807, 2.05) is 6.07 Å². The molecule has 6 nitrogen and oxygen atoms in total. The van der Waals surface area contributed by atoms with Crippen LogP contribution in [-0.2, 0) is 4.74 Å². The summed E-state index contributed by atoms with van der Waals surface area (Å²) in [6, 6.07) is 7.69. The molecule has 2 aliphatic heterocycles. The predicted octanol–water partition coefficient (Wildman–Crippen LogP) is 2.58. The van der Waals surface area contributed by atoms with Crippen molar-refractivity contribution in [2.24, 2.45) is 5.92 Å². The minimum atomic E-state index is -0.578. The Balaban J connectivity index is 1.48. The highest BCUT2D eigenvalue weighted by atomic mass is 16.5. The number of carbonyl (C=O) groups excluding carboxylic acids is 1. The summed E-state index contributed by atoms with van der Waals surface area (Å²) in [5, 5.41) is 0. The van der Waals surface area contributed by atoms with Crippen LogP contribution in [0.2, 0.25) is 0 Å². The number of benzene rings is 1. The van der Waals surface area contributed by atoms with Gasteiger partial charge in [-0.1, -0.05) is 18.6 Å². The van der Waals surface area contributed by atoms with Gasteiger partial charge in [0.25, 0.3) is 0 Å². The second kappa shape index (κ2) is 6.43. The summed E-state index contributed by atoms with van der Waals surface area (Å²) in [6.07, 6.45) is 5.39. The van der Waals surface area contributed by atoms with Crippen molar-refractivity contribution >= 4 is 17.1 Å². The van der Waals surface area contributed by atoms with Crippen LogP contribution in [0.4, 0.5) is 4.79 Å². The van der Waals surface area contributed by atoms with Crippen LogP contribution in [-0.4, -0.2) is 46.3 Å². The Hall–Kier alpha value is -2.08. The number of nitrogens with one attached hydrogen (secondary N) is 1. The standard InChI is InChI=1S/C18H23N3O3/c22-17-19-14-7-1-2-9-16(14)21(17)18(23)24-12-13-6-5-11-20-10-4-3-8-15(13)20/h1-2,7,9,13,15H,3-6,8,10-12H2,(H,19,22)/t13-,15+/m0/s1. The molecule has 1 aromatic heterocycles. The smallest absolute Gasteiger partial charge is 0.422 e. The van der Waals surface area contributed by atoms with Gasteiger partial charge >= 0.3 is 11.8 Å². The maximum atomic E-state index is 12.5. The molecule has 128 valence electrons. The van der Waals surface area contributed by atoms with Crippen LogP contribution in [0.5, 0.6) is 0 Å². The number of para-hydroxylation sites is 2. The number of piperidine rings is 2. The fraction of sp³-hybridized carbons (Fsp3) is 0.556. The largest absolute Gasteiger partial charge is 0.448 e. The SMILES string of the molecule is O=C(OC[C@@H]1CCCN2CCCC[C@H]12)n1c(=O)[nH]c2ccccc21. The first-order valence-electron chi connectivity index (χ1n) is 8.85. The van der Waals surface area contributed by atoms with E-state index in [-0.39, 0.29) is 0 Å². The number of rotatable bonds is 2. The third kappa shape index (κ3) is 2.75. The van der Waals surface area contributed by atoms with Crippen molar-refractivity contribution in [1.29, 1.82) is 0 Å². The summed E-state index contributed by atoms with van der Waals surface area (Å²) in [7, 11) is 0. The number of aromatic nitrogens is 2. The summed E-state index contributed by atoms with van der Waals surface area (Å²) in [6.45, 7) is 2.72. The monoisotopic (exact) mass is 329 g/mol. The van der Waals surface area contributed by atoms with Crippen LogP contribution in [0, 0.1) is 5.92 Å². The first-order chi connectivity index (χ1) is 11.7. The molecular weight excluding hydrogens is 306 g/mol. The van der Waals surface area contributed by atoms with Gasteiger partial charge in [-0.25, -0.2) is 9.59 Å². The van der Waals surface area contributed by atoms with Crippen molar-refractivity contribution in [3.8, 4) is 0 Å². The maximum absolute atomic E-state index is 12.5. The lowest BCUT2D eigenvalue weighted by Gasteiger charge is -2.44. The van der Waals surface area contributed by atoms with E-state index in [0.29, 0.717) is 29.6 Å². The molecule has 2 fully saturated rings. The van der Waals surface area contributed by atoms with E-state index in [1.165, 1.54) is 19.3 Å². The van der Waals surface area contributed by atoms with Crippen LogP contribution >= 0.6 is 0 Å². The first kappa shape index (κ1) is 15.4. The zero-order chi connectivity index (χ0) is 16.5. The lowest BCUT2D eigenvalue weighted by molar-refractivity contribution is 0.0237. The number of hydrogen-bond donors (Lipinski definition) is 1. The molecule has 0 bridgehead atoms. The summed E-state index contributed by atoms with van der Waals surface area (Å²) < 4.78 is 6.64. The van der Waals surface area contributed by atoms with Gasteiger partial charge in [0, 0.05) is 12.0 Å². The third-order valence-electron chi connectivity index (χ3n) is 5.42. The Morgan fingerprint density at radius 2 is 2.00 bits per heavy atom. The number of hydrogen-bond acceptors (Lipinski definition) is 4. The Kier molecular flexibility index (Phi) is 4.14. The topological polar surface area (TPSA) is 67.3 Å². The van der Waals surface area contributed by atoms with Crippen molar-refractivity contribution in [3.05, 3.63) is 34.7 Å². The number of fused-ring (bicyclic) bond motifs is 2. The van der Waals surface area contributed by atoms with Gasteiger partial charge < -0.3 is 9.72 Å². The molecule has 0 spiro atoms. The Labute approximate surface area is 140 Å². The molecule has 1 N–H and O–H groups in total. The highest BCUT2D eigenvalue weighted by Crippen LogP contribution is 2.31. The molecule has 2 aromatic rings. The second-order valence-electron chi connectivity index (χ2n) is 6.86. The van der Waals surface area contributed by atoms with Gasteiger partial charge in [0.1, 0.15) is 0 Å². The molecule has 0 radical (unpaired) electrons. The lowest BCUT2D eigenvalue weighted by Crippen LogP contribution is -2.49. The van der Waals surface area contributed by atoms with Crippen molar-refractivity contribution in [3.63, 3.8) is 0 Å². The molecule has 4 rings (SSSR count). The predicted molar refractivity (Wildman–Crippen MR) is 91.2 cm³/mol. The number of imidazole rings is 1. The summed E-state index contributed by atoms with van der Waals surface area (Å²) >= 11 is 0. The van der Waals surface area contributed by atoms with Crippen molar-refractivity contribution in [2.75, 3.05) is 19.7 Å². The number of carbonyl (C=O) groups is 1. The maximum Gasteiger partial charge on any atom is 0.422 e. The van der Waals surface area contributed by atoms with Crippen molar-refractivity contribution in [2.45, 2.75) is 38.1 Å². The molecule has 0 amide bonds. The molecule has 1 aromatic carbocycles. The Morgan fingerprint density at radius 1 is 1.17 bits per heavy atom. The highest BCUT2D eigenvalue weighted by molar-refractivity contribution is 5.86. The van der Waals surface area contributed by atoms with E-state index >= 15 is 0 Å². The first-order valence-corrected chi connectivity index (χ1v) is 8.85. The zero-order valence-corrected chi connectivity index (χ0v) is 13.7. The zero-order valence-electron chi connectivity index (χ0n) is 13.7. The average Bonchev–Trinajstić information content (AvgIpc) is 2.95. The summed E-state index contributed by atoms with van der Waals surface area (Å²) in [5.41, 5.74) is 0.773. The molecule has 2 atom stereocenters. The molecule has 2 aliphatic rings. The molecule has 0 unspecified atom stereocenters. The third-order valence-corrected chi connectivity index (χ3v) is 5.42. The van der Waals surface area contributed by atoms with Crippen LogP contribution in [0.1, 0.15) is 32.1 Å². The van der Waals surface area contributed by atoms with Crippen LogP contribution in [0.3, 0.4) is 0 Å². The van der Waals surface area contributed by atoms with Gasteiger partial charge in [-0.15, -0.1) is 0 Å². The van der Waals surface area contributed by atoms with E-state index < -0.39 is 11.8 Å². The van der Waals surface area contributed by atoms with Crippen molar-refractivity contribution < 1.29 is 9.53 Å². The highest BCUT2D eigenvalue weighted by Gasteiger charge is 2.33. The Morgan fingerprint density at radius 3 is 2.92 bits per heavy atom. The van der Waals surface area contributed by atoms with Gasteiger partial charge in [-0.05, 0) is 50.9 Å². The normalized spacial score (nSPS) is 24.7. The number of nitrogens with zero attached hydrogens (tertiary/aromatic N) is 2. The molecule has 2 saturated heterocycles. The van der Waals surface area contributed by atoms with Crippen LogP contribution in [0.25, 0.3) is 11.0 Å². The lowest BCUT2D eigenvalue weighted by atomic mass is 9.84. The van der Waals surface area contributed by atoms with Gasteiger partial charge in [-0.3, -0.25) is 4.90 Å². The molecule has 6 heteroatoms. The second-order valence-corrected chi connectivity index (χ2v) is 6.86. The average molecular weight is 329 g/mol. The van der Waals surface area contributed by atoms with Gasteiger partial charge in [0.05, 0.1) is 17.6 Å². The molecule has 3 heterocycles. The quantitative estimate of drug-likeness (QED) is 0.919. The molecule has 24 heavy (non-hydrogen) atoms. The molecule has 0 saturated carbocycles. The van der Waals surface area contributed by atoms with Gasteiger partial charge in [0.15, 0.2) is 0 Å². The van der Waals surface area contributed by atoms with E-state index in [0.717, 1.165) is 30.5 Å². The summed E-state index contributed by atoms with van der Waals surface area (Å²) in [5.74, 6) is 0.379. The van der Waals surface area contributed by atoms with Crippen LogP contribution < -0.4 is 5.69 Å². The van der Waals surface area contributed by atoms with E-state index in [2.05, 4.69) is 9.88 Å². The number of ether oxygens (including phenoxy) is 1. The number of H-pyrrole nitrogens is 1. The van der Waals surface area contributed by atoms with E-state index in [9.17, 15) is 9.59 Å². The van der Waals surface area contributed by atoms with Crippen molar-refractivity contribution in [1.82, 2.24) is 14.5 Å². The minimum absolute atomic E-state index is 0.379. The fourth-order valence-electron chi connectivity index (χ4n) is 4.25.